The number of hydrogen-bond acceptors (Lipinski definition) is 5. The number of ketones is 1. The van der Waals surface area contributed by atoms with Crippen molar-refractivity contribution in [3.05, 3.63) is 53.9 Å². The Balaban J connectivity index is 1.62. The number of carbonyl (C=O) groups is 2. The van der Waals surface area contributed by atoms with E-state index >= 15 is 0 Å². The lowest BCUT2D eigenvalue weighted by Crippen LogP contribution is -2.42. The van der Waals surface area contributed by atoms with Gasteiger partial charge in [0.05, 0.1) is 14.2 Å². The van der Waals surface area contributed by atoms with Crippen molar-refractivity contribution < 1.29 is 19.1 Å². The van der Waals surface area contributed by atoms with Crippen LogP contribution in [0.1, 0.15) is 35.2 Å². The van der Waals surface area contributed by atoms with E-state index in [1.807, 2.05) is 17.0 Å². The first-order valence-electron chi connectivity index (χ1n) is 9.55. The zero-order valence-corrected chi connectivity index (χ0v) is 16.4. The van der Waals surface area contributed by atoms with Gasteiger partial charge in [0.25, 0.3) is 0 Å². The zero-order valence-electron chi connectivity index (χ0n) is 16.4. The van der Waals surface area contributed by atoms with Crippen molar-refractivity contribution in [2.75, 3.05) is 27.3 Å². The lowest BCUT2D eigenvalue weighted by molar-refractivity contribution is -0.132. The van der Waals surface area contributed by atoms with Crippen LogP contribution in [-0.2, 0) is 11.2 Å². The highest BCUT2D eigenvalue weighted by atomic mass is 16.5. The molecule has 1 fully saturated rings. The minimum absolute atomic E-state index is 0.0470. The van der Waals surface area contributed by atoms with Gasteiger partial charge in [0, 0.05) is 43.4 Å². The molecule has 28 heavy (non-hydrogen) atoms. The first-order chi connectivity index (χ1) is 13.6. The Morgan fingerprint density at radius 1 is 1.18 bits per heavy atom. The molecule has 2 heterocycles. The van der Waals surface area contributed by atoms with Crippen molar-refractivity contribution in [3.63, 3.8) is 0 Å². The van der Waals surface area contributed by atoms with E-state index in [0.717, 1.165) is 18.4 Å². The highest BCUT2D eigenvalue weighted by molar-refractivity contribution is 5.99. The van der Waals surface area contributed by atoms with E-state index in [0.29, 0.717) is 43.0 Å². The second-order valence-corrected chi connectivity index (χ2v) is 6.97. The Hall–Kier alpha value is -2.89. The van der Waals surface area contributed by atoms with Crippen LogP contribution in [0, 0.1) is 5.92 Å². The number of Topliss-reactive ketones (excluding diaryl/α,β-unsaturated/α-hetero) is 1. The second-order valence-electron chi connectivity index (χ2n) is 6.97. The summed E-state index contributed by atoms with van der Waals surface area (Å²) >= 11 is 0. The molecule has 1 aliphatic rings. The fraction of sp³-hybridized carbons (Fsp3) is 0.409. The summed E-state index contributed by atoms with van der Waals surface area (Å²) in [6.45, 7) is 1.18. The van der Waals surface area contributed by atoms with Gasteiger partial charge in [-0.05, 0) is 49.1 Å². The minimum Gasteiger partial charge on any atom is -0.493 e. The Morgan fingerprint density at radius 3 is 2.71 bits per heavy atom. The highest BCUT2D eigenvalue weighted by Gasteiger charge is 2.29. The number of likely N-dealkylation sites (tertiary alicyclic amines) is 1. The number of aryl methyl sites for hydroxylation is 1. The molecule has 0 spiro atoms. The Morgan fingerprint density at radius 2 is 2.00 bits per heavy atom. The lowest BCUT2D eigenvalue weighted by atomic mass is 9.89. The molecule has 1 unspecified atom stereocenters. The number of pyridine rings is 1. The van der Waals surface area contributed by atoms with Gasteiger partial charge in [0.1, 0.15) is 0 Å². The van der Waals surface area contributed by atoms with Crippen molar-refractivity contribution >= 4 is 11.7 Å². The van der Waals surface area contributed by atoms with E-state index in [2.05, 4.69) is 4.98 Å². The molecule has 0 N–H and O–H groups in total. The second kappa shape index (κ2) is 9.35. The van der Waals surface area contributed by atoms with E-state index < -0.39 is 0 Å². The molecule has 2 aromatic rings. The standard InChI is InChI=1S/C22H26N2O4/c1-27-19-9-8-17(13-20(19)28-2)22(26)18-6-4-12-24(15-18)21(25)10-7-16-5-3-11-23-14-16/h3,5,8-9,11,13-14,18H,4,6-7,10,12,15H2,1-2H3. The van der Waals surface area contributed by atoms with Crippen LogP contribution in [-0.4, -0.2) is 48.9 Å². The number of methoxy groups -OCH3 is 2. The van der Waals surface area contributed by atoms with Gasteiger partial charge in [-0.25, -0.2) is 0 Å². The van der Waals surface area contributed by atoms with Crippen molar-refractivity contribution in [2.24, 2.45) is 5.92 Å². The molecule has 0 aliphatic carbocycles. The predicted octanol–water partition coefficient (Wildman–Crippen LogP) is 3.15. The molecule has 3 rings (SSSR count). The normalized spacial score (nSPS) is 16.5. The van der Waals surface area contributed by atoms with Crippen LogP contribution in [0.2, 0.25) is 0 Å². The van der Waals surface area contributed by atoms with Crippen LogP contribution < -0.4 is 9.47 Å². The summed E-state index contributed by atoms with van der Waals surface area (Å²) in [6.07, 6.45) is 6.23. The molecule has 1 aromatic carbocycles. The third-order valence-electron chi connectivity index (χ3n) is 5.16. The fourth-order valence-corrected chi connectivity index (χ4v) is 3.60. The molecule has 0 saturated carbocycles. The minimum atomic E-state index is -0.186. The molecule has 1 saturated heterocycles. The van der Waals surface area contributed by atoms with Crippen LogP contribution >= 0.6 is 0 Å². The van der Waals surface area contributed by atoms with Gasteiger partial charge < -0.3 is 14.4 Å². The number of piperidine rings is 1. The maximum absolute atomic E-state index is 13.0. The van der Waals surface area contributed by atoms with E-state index in [9.17, 15) is 9.59 Å². The largest absolute Gasteiger partial charge is 0.493 e. The summed E-state index contributed by atoms with van der Waals surface area (Å²) in [5, 5.41) is 0. The molecular formula is C22H26N2O4. The number of nitrogens with zero attached hydrogens (tertiary/aromatic N) is 2. The van der Waals surface area contributed by atoms with Crippen molar-refractivity contribution in [2.45, 2.75) is 25.7 Å². The van der Waals surface area contributed by atoms with Crippen LogP contribution in [0.4, 0.5) is 0 Å². The van der Waals surface area contributed by atoms with Gasteiger partial charge in [0.2, 0.25) is 5.91 Å². The van der Waals surface area contributed by atoms with Gasteiger partial charge in [0.15, 0.2) is 17.3 Å². The molecular weight excluding hydrogens is 356 g/mol. The molecule has 0 radical (unpaired) electrons. The number of carbonyl (C=O) groups excluding carboxylic acids is 2. The summed E-state index contributed by atoms with van der Waals surface area (Å²) in [4.78, 5) is 31.5. The van der Waals surface area contributed by atoms with Gasteiger partial charge in [-0.2, -0.15) is 0 Å². The smallest absolute Gasteiger partial charge is 0.222 e. The molecule has 1 aromatic heterocycles. The van der Waals surface area contributed by atoms with Crippen molar-refractivity contribution in [1.29, 1.82) is 0 Å². The Bertz CT molecular complexity index is 823. The number of amides is 1. The van der Waals surface area contributed by atoms with Crippen LogP contribution in [0.5, 0.6) is 11.5 Å². The summed E-state index contributed by atoms with van der Waals surface area (Å²) in [6, 6.07) is 9.06. The molecule has 1 aliphatic heterocycles. The third-order valence-corrected chi connectivity index (χ3v) is 5.16. The maximum Gasteiger partial charge on any atom is 0.222 e. The number of hydrogen-bond donors (Lipinski definition) is 0. The highest BCUT2D eigenvalue weighted by Crippen LogP contribution is 2.30. The maximum atomic E-state index is 13.0. The first-order valence-corrected chi connectivity index (χ1v) is 9.55. The van der Waals surface area contributed by atoms with Crippen molar-refractivity contribution in [1.82, 2.24) is 9.88 Å². The number of rotatable bonds is 7. The summed E-state index contributed by atoms with van der Waals surface area (Å²) in [5.41, 5.74) is 1.64. The number of ether oxygens (including phenoxy) is 2. The van der Waals surface area contributed by atoms with E-state index in [1.165, 1.54) is 0 Å². The quantitative estimate of drug-likeness (QED) is 0.688. The monoisotopic (exact) mass is 382 g/mol. The van der Waals surface area contributed by atoms with Crippen LogP contribution in [0.3, 0.4) is 0 Å². The average Bonchev–Trinajstić information content (AvgIpc) is 2.77. The van der Waals surface area contributed by atoms with Crippen molar-refractivity contribution in [3.8, 4) is 11.5 Å². The third kappa shape index (κ3) is 4.68. The summed E-state index contributed by atoms with van der Waals surface area (Å²) in [7, 11) is 3.12. The lowest BCUT2D eigenvalue weighted by Gasteiger charge is -2.32. The van der Waals surface area contributed by atoms with Gasteiger partial charge in [-0.15, -0.1) is 0 Å². The first kappa shape index (κ1) is 19.9. The molecule has 0 bridgehead atoms. The summed E-state index contributed by atoms with van der Waals surface area (Å²) < 4.78 is 10.5. The molecule has 1 amide bonds. The zero-order chi connectivity index (χ0) is 19.9. The summed E-state index contributed by atoms with van der Waals surface area (Å²) in [5.74, 6) is 1.08. The topological polar surface area (TPSA) is 68.7 Å². The molecule has 6 heteroatoms. The van der Waals surface area contributed by atoms with E-state index in [1.54, 1.807) is 44.8 Å². The molecule has 6 nitrogen and oxygen atoms in total. The molecule has 148 valence electrons. The average molecular weight is 382 g/mol. The van der Waals surface area contributed by atoms with Crippen LogP contribution in [0.25, 0.3) is 0 Å². The number of aromatic nitrogens is 1. The van der Waals surface area contributed by atoms with E-state index in [4.69, 9.17) is 9.47 Å². The Kier molecular flexibility index (Phi) is 6.63. The van der Waals surface area contributed by atoms with Crippen LogP contribution in [0.15, 0.2) is 42.7 Å². The predicted molar refractivity (Wildman–Crippen MR) is 106 cm³/mol. The van der Waals surface area contributed by atoms with Gasteiger partial charge >= 0.3 is 0 Å². The molecule has 1 atom stereocenters. The van der Waals surface area contributed by atoms with E-state index in [-0.39, 0.29) is 17.6 Å². The Labute approximate surface area is 165 Å². The van der Waals surface area contributed by atoms with Gasteiger partial charge in [-0.3, -0.25) is 14.6 Å². The number of benzene rings is 1. The van der Waals surface area contributed by atoms with Gasteiger partial charge in [-0.1, -0.05) is 6.07 Å². The fourth-order valence-electron chi connectivity index (χ4n) is 3.60. The SMILES string of the molecule is COc1ccc(C(=O)C2CCCN(C(=O)CCc3cccnc3)C2)cc1OC.